The van der Waals surface area contributed by atoms with E-state index in [2.05, 4.69) is 10.1 Å². The summed E-state index contributed by atoms with van der Waals surface area (Å²) in [4.78, 5) is 14.4. The number of hydrogen-bond acceptors (Lipinski definition) is 6. The van der Waals surface area contributed by atoms with Gasteiger partial charge in [0, 0.05) is 0 Å². The first-order valence-corrected chi connectivity index (χ1v) is 7.41. The summed E-state index contributed by atoms with van der Waals surface area (Å²) in [6, 6.07) is 1.85. The zero-order valence-corrected chi connectivity index (χ0v) is 11.9. The van der Waals surface area contributed by atoms with Crippen molar-refractivity contribution in [3.63, 3.8) is 0 Å². The molecule has 0 aliphatic rings. The molecule has 2 rings (SSSR count). The van der Waals surface area contributed by atoms with Gasteiger partial charge in [-0.3, -0.25) is 0 Å². The van der Waals surface area contributed by atoms with Gasteiger partial charge in [0.25, 0.3) is 0 Å². The summed E-state index contributed by atoms with van der Waals surface area (Å²) < 4.78 is 42.8. The van der Waals surface area contributed by atoms with Crippen LogP contribution in [0.4, 0.5) is 4.39 Å². The molecule has 0 aliphatic carbocycles. The second-order valence-electron chi connectivity index (χ2n) is 4.40. The molecule has 0 unspecified atom stereocenters. The summed E-state index contributed by atoms with van der Waals surface area (Å²) >= 11 is 0. The Bertz CT molecular complexity index is 813. The third-order valence-corrected chi connectivity index (χ3v) is 4.28. The van der Waals surface area contributed by atoms with Crippen molar-refractivity contribution in [2.75, 3.05) is 0 Å². The van der Waals surface area contributed by atoms with Gasteiger partial charge in [0.2, 0.25) is 5.89 Å². The standard InChI is InChI=1S/C12H11FN2O5S/c1-6-3-8(4-9(11(6)13)12(16)17)21(18,19)5-10-14-7(2)15-20-10/h3-4H,5H2,1-2H3,(H,16,17). The Balaban J connectivity index is 2.47. The number of aromatic carboxylic acids is 1. The van der Waals surface area contributed by atoms with Gasteiger partial charge < -0.3 is 9.63 Å². The van der Waals surface area contributed by atoms with Crippen molar-refractivity contribution >= 4 is 15.8 Å². The molecule has 0 fully saturated rings. The second-order valence-corrected chi connectivity index (χ2v) is 6.39. The van der Waals surface area contributed by atoms with Crippen LogP contribution >= 0.6 is 0 Å². The molecule has 0 bridgehead atoms. The Morgan fingerprint density at radius 3 is 2.57 bits per heavy atom. The van der Waals surface area contributed by atoms with Gasteiger partial charge in [0.1, 0.15) is 11.6 Å². The number of nitrogens with zero attached hydrogens (tertiary/aromatic N) is 2. The van der Waals surface area contributed by atoms with E-state index in [0.717, 1.165) is 12.1 Å². The van der Waals surface area contributed by atoms with Crippen molar-refractivity contribution in [2.24, 2.45) is 0 Å². The molecule has 1 aromatic carbocycles. The Labute approximate surface area is 119 Å². The van der Waals surface area contributed by atoms with Crippen LogP contribution < -0.4 is 0 Å². The summed E-state index contributed by atoms with van der Waals surface area (Å²) in [5.74, 6) is -2.93. The quantitative estimate of drug-likeness (QED) is 0.851. The first-order chi connectivity index (χ1) is 9.70. The molecule has 1 aromatic heterocycles. The number of carboxylic acids is 1. The normalized spacial score (nSPS) is 11.6. The fourth-order valence-electron chi connectivity index (χ4n) is 1.72. The number of carbonyl (C=O) groups is 1. The van der Waals surface area contributed by atoms with Gasteiger partial charge in [0.15, 0.2) is 15.7 Å². The summed E-state index contributed by atoms with van der Waals surface area (Å²) in [7, 11) is -3.92. The molecule has 0 atom stereocenters. The summed E-state index contributed by atoms with van der Waals surface area (Å²) in [6.07, 6.45) is 0. The summed E-state index contributed by atoms with van der Waals surface area (Å²) in [5.41, 5.74) is -0.773. The van der Waals surface area contributed by atoms with Crippen molar-refractivity contribution in [1.82, 2.24) is 10.1 Å². The van der Waals surface area contributed by atoms with Gasteiger partial charge in [0.05, 0.1) is 10.5 Å². The highest BCUT2D eigenvalue weighted by atomic mass is 32.2. The molecule has 1 heterocycles. The number of sulfone groups is 1. The van der Waals surface area contributed by atoms with Gasteiger partial charge >= 0.3 is 5.97 Å². The fraction of sp³-hybridized carbons (Fsp3) is 0.250. The lowest BCUT2D eigenvalue weighted by Crippen LogP contribution is -2.10. The first kappa shape index (κ1) is 15.1. The van der Waals surface area contributed by atoms with Crippen LogP contribution in [0.3, 0.4) is 0 Å². The van der Waals surface area contributed by atoms with E-state index in [1.807, 2.05) is 0 Å². The first-order valence-electron chi connectivity index (χ1n) is 5.76. The van der Waals surface area contributed by atoms with Crippen LogP contribution in [0.25, 0.3) is 0 Å². The topological polar surface area (TPSA) is 110 Å². The van der Waals surface area contributed by atoms with Crippen molar-refractivity contribution < 1.29 is 27.2 Å². The van der Waals surface area contributed by atoms with E-state index in [1.54, 1.807) is 0 Å². The Kier molecular flexibility index (Phi) is 3.77. The van der Waals surface area contributed by atoms with E-state index in [-0.39, 0.29) is 22.2 Å². The van der Waals surface area contributed by atoms with Crippen LogP contribution in [0.2, 0.25) is 0 Å². The monoisotopic (exact) mass is 314 g/mol. The van der Waals surface area contributed by atoms with Crippen molar-refractivity contribution in [3.05, 3.63) is 40.8 Å². The molecule has 9 heteroatoms. The van der Waals surface area contributed by atoms with Gasteiger partial charge in [-0.15, -0.1) is 0 Å². The van der Waals surface area contributed by atoms with Gasteiger partial charge in [-0.2, -0.15) is 4.98 Å². The number of aryl methyl sites for hydroxylation is 2. The molecule has 112 valence electrons. The molecule has 0 saturated heterocycles. The van der Waals surface area contributed by atoms with E-state index in [4.69, 9.17) is 9.63 Å². The highest BCUT2D eigenvalue weighted by Gasteiger charge is 2.23. The van der Waals surface area contributed by atoms with Crippen molar-refractivity contribution in [1.29, 1.82) is 0 Å². The number of hydrogen-bond donors (Lipinski definition) is 1. The minimum atomic E-state index is -3.92. The number of halogens is 1. The van der Waals surface area contributed by atoms with Gasteiger partial charge in [-0.05, 0) is 31.5 Å². The lowest BCUT2D eigenvalue weighted by atomic mass is 10.1. The maximum Gasteiger partial charge on any atom is 0.338 e. The Morgan fingerprint density at radius 1 is 1.38 bits per heavy atom. The minimum Gasteiger partial charge on any atom is -0.478 e. The van der Waals surface area contributed by atoms with Crippen LogP contribution in [-0.2, 0) is 15.6 Å². The second kappa shape index (κ2) is 5.24. The number of carboxylic acid groups (broad SMARTS) is 1. The number of benzene rings is 1. The predicted octanol–water partition coefficient (Wildman–Crippen LogP) is 1.50. The van der Waals surface area contributed by atoms with Gasteiger partial charge in [-0.25, -0.2) is 17.6 Å². The molecule has 7 nitrogen and oxygen atoms in total. The van der Waals surface area contributed by atoms with Crippen LogP contribution in [0.1, 0.15) is 27.6 Å². The number of rotatable bonds is 4. The number of aromatic nitrogens is 2. The van der Waals surface area contributed by atoms with Crippen LogP contribution in [-0.4, -0.2) is 29.6 Å². The van der Waals surface area contributed by atoms with E-state index in [9.17, 15) is 17.6 Å². The molecular weight excluding hydrogens is 303 g/mol. The molecular formula is C12H11FN2O5S. The molecule has 2 aromatic rings. The minimum absolute atomic E-state index is 0.0739. The zero-order valence-electron chi connectivity index (χ0n) is 11.1. The zero-order chi connectivity index (χ0) is 15.8. The SMILES string of the molecule is Cc1noc(CS(=O)(=O)c2cc(C)c(F)c(C(=O)O)c2)n1. The third-order valence-electron chi connectivity index (χ3n) is 2.70. The Morgan fingerprint density at radius 2 is 2.05 bits per heavy atom. The van der Waals surface area contributed by atoms with E-state index in [0.29, 0.717) is 0 Å². The molecule has 1 N–H and O–H groups in total. The lowest BCUT2D eigenvalue weighted by Gasteiger charge is -2.07. The van der Waals surface area contributed by atoms with Crippen LogP contribution in [0.5, 0.6) is 0 Å². The molecule has 0 aliphatic heterocycles. The maximum atomic E-state index is 13.6. The van der Waals surface area contributed by atoms with E-state index in [1.165, 1.54) is 13.8 Å². The highest BCUT2D eigenvalue weighted by molar-refractivity contribution is 7.90. The van der Waals surface area contributed by atoms with Gasteiger partial charge in [-0.1, -0.05) is 5.16 Å². The predicted molar refractivity (Wildman–Crippen MR) is 68.0 cm³/mol. The smallest absolute Gasteiger partial charge is 0.338 e. The fourth-order valence-corrected chi connectivity index (χ4v) is 2.98. The molecule has 0 saturated carbocycles. The lowest BCUT2D eigenvalue weighted by molar-refractivity contribution is 0.0691. The summed E-state index contributed by atoms with van der Waals surface area (Å²) in [5, 5.41) is 12.4. The highest BCUT2D eigenvalue weighted by Crippen LogP contribution is 2.22. The van der Waals surface area contributed by atoms with Crippen LogP contribution in [0, 0.1) is 19.7 Å². The third kappa shape index (κ3) is 3.07. The Hall–Kier alpha value is -2.29. The van der Waals surface area contributed by atoms with Crippen molar-refractivity contribution in [3.8, 4) is 0 Å². The summed E-state index contributed by atoms with van der Waals surface area (Å²) in [6.45, 7) is 2.82. The average molecular weight is 314 g/mol. The van der Waals surface area contributed by atoms with Crippen LogP contribution in [0.15, 0.2) is 21.6 Å². The molecule has 0 amide bonds. The molecule has 0 spiro atoms. The largest absolute Gasteiger partial charge is 0.478 e. The average Bonchev–Trinajstić information content (AvgIpc) is 2.76. The van der Waals surface area contributed by atoms with E-state index >= 15 is 0 Å². The maximum absolute atomic E-state index is 13.6. The molecule has 0 radical (unpaired) electrons. The van der Waals surface area contributed by atoms with E-state index < -0.39 is 32.9 Å². The molecule has 21 heavy (non-hydrogen) atoms. The van der Waals surface area contributed by atoms with Crippen molar-refractivity contribution in [2.45, 2.75) is 24.5 Å².